The van der Waals surface area contributed by atoms with Crippen molar-refractivity contribution in [2.45, 2.75) is 39.8 Å². The highest BCUT2D eigenvalue weighted by atomic mass is 16.5. The van der Waals surface area contributed by atoms with E-state index >= 15 is 0 Å². The number of benzene rings is 1. The second kappa shape index (κ2) is 5.74. The van der Waals surface area contributed by atoms with Crippen LogP contribution in [0.15, 0.2) is 24.3 Å². The molecule has 0 spiro atoms. The Morgan fingerprint density at radius 2 is 1.68 bits per heavy atom. The van der Waals surface area contributed by atoms with Crippen molar-refractivity contribution in [2.75, 3.05) is 18.1 Å². The van der Waals surface area contributed by atoms with Gasteiger partial charge in [-0.15, -0.1) is 0 Å². The first kappa shape index (κ1) is 14.1. The van der Waals surface area contributed by atoms with E-state index in [1.54, 1.807) is 0 Å². The molecule has 104 valence electrons. The monoisotopic (exact) mass is 261 g/mol. The molecule has 0 bridgehead atoms. The van der Waals surface area contributed by atoms with E-state index in [4.69, 9.17) is 4.74 Å². The van der Waals surface area contributed by atoms with Gasteiger partial charge in [0.1, 0.15) is 0 Å². The molecule has 1 heterocycles. The zero-order valence-electron chi connectivity index (χ0n) is 12.2. The maximum Gasteiger partial charge on any atom is 0.165 e. The molecule has 1 aliphatic heterocycles. The van der Waals surface area contributed by atoms with Crippen molar-refractivity contribution in [1.82, 2.24) is 0 Å². The van der Waals surface area contributed by atoms with Crippen molar-refractivity contribution in [3.63, 3.8) is 0 Å². The predicted octanol–water partition coefficient (Wildman–Crippen LogP) is 3.14. The molecule has 0 saturated carbocycles. The average Bonchev–Trinajstić information content (AvgIpc) is 2.38. The van der Waals surface area contributed by atoms with Gasteiger partial charge in [-0.2, -0.15) is 0 Å². The van der Waals surface area contributed by atoms with Gasteiger partial charge < -0.3 is 9.64 Å². The van der Waals surface area contributed by atoms with Crippen molar-refractivity contribution in [3.05, 3.63) is 29.8 Å². The molecule has 1 aliphatic rings. The molecule has 3 heteroatoms. The Morgan fingerprint density at radius 1 is 1.16 bits per heavy atom. The van der Waals surface area contributed by atoms with Gasteiger partial charge >= 0.3 is 0 Å². The first-order chi connectivity index (χ1) is 9.00. The Kier molecular flexibility index (Phi) is 4.25. The van der Waals surface area contributed by atoms with Gasteiger partial charge in [0.2, 0.25) is 0 Å². The standard InChI is InChI=1S/C16H23NO2/c1-11(2)16(18)14-5-7-15(8-6-14)17-12(3)9-19-10-13(17)4/h5-8,11-13H,9-10H2,1-4H3. The number of rotatable bonds is 3. The molecule has 2 atom stereocenters. The van der Waals surface area contributed by atoms with E-state index in [9.17, 15) is 4.79 Å². The van der Waals surface area contributed by atoms with Crippen LogP contribution >= 0.6 is 0 Å². The summed E-state index contributed by atoms with van der Waals surface area (Å²) in [5, 5.41) is 0. The molecule has 19 heavy (non-hydrogen) atoms. The molecule has 1 saturated heterocycles. The minimum absolute atomic E-state index is 0.0482. The summed E-state index contributed by atoms with van der Waals surface area (Å²) in [5.74, 6) is 0.252. The number of carbonyl (C=O) groups is 1. The van der Waals surface area contributed by atoms with Crippen molar-refractivity contribution < 1.29 is 9.53 Å². The van der Waals surface area contributed by atoms with Crippen LogP contribution in [0.4, 0.5) is 5.69 Å². The number of morpholine rings is 1. The van der Waals surface area contributed by atoms with Gasteiger partial charge in [0.25, 0.3) is 0 Å². The Balaban J connectivity index is 2.20. The van der Waals surface area contributed by atoms with E-state index in [1.165, 1.54) is 5.69 Å². The summed E-state index contributed by atoms with van der Waals surface area (Å²) < 4.78 is 5.54. The number of Topliss-reactive ketones (excluding diaryl/α,β-unsaturated/α-hetero) is 1. The summed E-state index contributed by atoms with van der Waals surface area (Å²) in [7, 11) is 0. The van der Waals surface area contributed by atoms with Gasteiger partial charge in [-0.3, -0.25) is 4.79 Å². The Bertz CT molecular complexity index is 429. The first-order valence-corrected chi connectivity index (χ1v) is 7.01. The predicted molar refractivity (Wildman–Crippen MR) is 77.8 cm³/mol. The summed E-state index contributed by atoms with van der Waals surface area (Å²) in [6, 6.07) is 8.71. The molecule has 0 radical (unpaired) electrons. The van der Waals surface area contributed by atoms with Crippen LogP contribution in [0.1, 0.15) is 38.1 Å². The Morgan fingerprint density at radius 3 is 2.16 bits per heavy atom. The zero-order valence-corrected chi connectivity index (χ0v) is 12.2. The fourth-order valence-corrected chi connectivity index (χ4v) is 2.64. The van der Waals surface area contributed by atoms with E-state index < -0.39 is 0 Å². The quantitative estimate of drug-likeness (QED) is 0.783. The van der Waals surface area contributed by atoms with E-state index in [0.717, 1.165) is 18.8 Å². The summed E-state index contributed by atoms with van der Waals surface area (Å²) in [6.45, 7) is 9.73. The van der Waals surface area contributed by atoms with Crippen LogP contribution in [0.2, 0.25) is 0 Å². The number of hydrogen-bond donors (Lipinski definition) is 0. The maximum absolute atomic E-state index is 11.9. The third-order valence-corrected chi connectivity index (χ3v) is 3.64. The van der Waals surface area contributed by atoms with Gasteiger partial charge in [0.15, 0.2) is 5.78 Å². The van der Waals surface area contributed by atoms with E-state index in [2.05, 4.69) is 18.7 Å². The molecule has 0 aromatic heterocycles. The Labute approximate surface area is 115 Å². The van der Waals surface area contributed by atoms with Crippen LogP contribution < -0.4 is 4.90 Å². The van der Waals surface area contributed by atoms with Crippen LogP contribution in [-0.4, -0.2) is 31.1 Å². The third kappa shape index (κ3) is 2.98. The number of nitrogens with zero attached hydrogens (tertiary/aromatic N) is 1. The highest BCUT2D eigenvalue weighted by Crippen LogP contribution is 2.24. The van der Waals surface area contributed by atoms with Crippen molar-refractivity contribution in [3.8, 4) is 0 Å². The van der Waals surface area contributed by atoms with Gasteiger partial charge in [0.05, 0.1) is 13.2 Å². The number of anilines is 1. The SMILES string of the molecule is CC(C)C(=O)c1ccc(N2C(C)COCC2C)cc1. The third-order valence-electron chi connectivity index (χ3n) is 3.64. The molecule has 1 aromatic carbocycles. The Hall–Kier alpha value is -1.35. The lowest BCUT2D eigenvalue weighted by atomic mass is 10.0. The van der Waals surface area contributed by atoms with Gasteiger partial charge in [0, 0.05) is 29.3 Å². The largest absolute Gasteiger partial charge is 0.377 e. The molecule has 1 aromatic rings. The van der Waals surface area contributed by atoms with E-state index in [1.807, 2.05) is 38.1 Å². The molecule has 0 aliphatic carbocycles. The second-order valence-corrected chi connectivity index (χ2v) is 5.71. The smallest absolute Gasteiger partial charge is 0.165 e. The van der Waals surface area contributed by atoms with Crippen LogP contribution in [-0.2, 0) is 4.74 Å². The van der Waals surface area contributed by atoms with Gasteiger partial charge in [-0.1, -0.05) is 13.8 Å². The zero-order chi connectivity index (χ0) is 14.0. The fraction of sp³-hybridized carbons (Fsp3) is 0.562. The molecular weight excluding hydrogens is 238 g/mol. The van der Waals surface area contributed by atoms with Crippen LogP contribution in [0.5, 0.6) is 0 Å². The van der Waals surface area contributed by atoms with E-state index in [0.29, 0.717) is 12.1 Å². The minimum atomic E-state index is 0.0482. The molecule has 3 nitrogen and oxygen atoms in total. The van der Waals surface area contributed by atoms with E-state index in [-0.39, 0.29) is 11.7 Å². The summed E-state index contributed by atoms with van der Waals surface area (Å²) >= 11 is 0. The molecule has 2 unspecified atom stereocenters. The van der Waals surface area contributed by atoms with Gasteiger partial charge in [-0.25, -0.2) is 0 Å². The maximum atomic E-state index is 11.9. The molecule has 1 fully saturated rings. The number of hydrogen-bond acceptors (Lipinski definition) is 3. The summed E-state index contributed by atoms with van der Waals surface area (Å²) in [5.41, 5.74) is 1.97. The number of ether oxygens (including phenoxy) is 1. The summed E-state index contributed by atoms with van der Waals surface area (Å²) in [6.07, 6.45) is 0. The molecular formula is C16H23NO2. The normalized spacial score (nSPS) is 23.7. The van der Waals surface area contributed by atoms with Crippen LogP contribution in [0.25, 0.3) is 0 Å². The van der Waals surface area contributed by atoms with Crippen LogP contribution in [0.3, 0.4) is 0 Å². The first-order valence-electron chi connectivity index (χ1n) is 7.01. The highest BCUT2D eigenvalue weighted by molar-refractivity contribution is 5.97. The molecule has 2 rings (SSSR count). The fourth-order valence-electron chi connectivity index (χ4n) is 2.64. The highest BCUT2D eigenvalue weighted by Gasteiger charge is 2.25. The summed E-state index contributed by atoms with van der Waals surface area (Å²) in [4.78, 5) is 14.3. The van der Waals surface area contributed by atoms with Crippen LogP contribution in [0, 0.1) is 5.92 Å². The van der Waals surface area contributed by atoms with Crippen molar-refractivity contribution in [1.29, 1.82) is 0 Å². The van der Waals surface area contributed by atoms with Crippen molar-refractivity contribution in [2.24, 2.45) is 5.92 Å². The topological polar surface area (TPSA) is 29.5 Å². The van der Waals surface area contributed by atoms with Gasteiger partial charge in [-0.05, 0) is 38.1 Å². The lowest BCUT2D eigenvalue weighted by molar-refractivity contribution is 0.0757. The lowest BCUT2D eigenvalue weighted by Crippen LogP contribution is -2.49. The molecule has 0 N–H and O–H groups in total. The second-order valence-electron chi connectivity index (χ2n) is 5.71. The minimum Gasteiger partial charge on any atom is -0.377 e. The number of ketones is 1. The molecule has 0 amide bonds. The van der Waals surface area contributed by atoms with Crippen molar-refractivity contribution >= 4 is 11.5 Å². The number of carbonyl (C=O) groups excluding carboxylic acids is 1. The average molecular weight is 261 g/mol. The lowest BCUT2D eigenvalue weighted by Gasteiger charge is -2.40.